The van der Waals surface area contributed by atoms with E-state index in [-0.39, 0.29) is 40.5 Å². The van der Waals surface area contributed by atoms with Gasteiger partial charge in [0.15, 0.2) is 11.5 Å². The molecule has 0 aromatic carbocycles. The second-order valence-corrected chi connectivity index (χ2v) is 6.88. The molecule has 0 aromatic heterocycles. The summed E-state index contributed by atoms with van der Waals surface area (Å²) in [6.07, 6.45) is 1.83. The molecule has 2 bridgehead atoms. The third kappa shape index (κ3) is 0.918. The highest BCUT2D eigenvalue weighted by molar-refractivity contribution is 6.20. The second kappa shape index (κ2) is 3.06. The normalized spacial score (nSPS) is 45.7. The summed E-state index contributed by atoms with van der Waals surface area (Å²) in [4.78, 5) is 25.4. The quantitative estimate of drug-likeness (QED) is 0.670. The summed E-state index contributed by atoms with van der Waals surface area (Å²) in [6, 6.07) is 0. The minimum absolute atomic E-state index is 0.0574. The highest BCUT2D eigenvalue weighted by Gasteiger charge is 2.74. The smallest absolute Gasteiger partial charge is 0.211 e. The van der Waals surface area contributed by atoms with E-state index >= 15 is 0 Å². The summed E-state index contributed by atoms with van der Waals surface area (Å²) < 4.78 is 0. The number of aliphatic hydroxyl groups excluding tert-OH is 1. The standard InChI is InChI=1S/C15H20O3/c1-7-5-6-9-14(3,4)10-8(2)11(16)13(18)15(7,9)12(10)17/h7,9-10,16H,5-6H2,1-4H3/t7-,9-,10+,15+/m1/s1. The molecule has 3 rings (SSSR count). The van der Waals surface area contributed by atoms with E-state index in [1.165, 1.54) is 0 Å². The Labute approximate surface area is 107 Å². The third-order valence-electron chi connectivity index (χ3n) is 5.92. The predicted molar refractivity (Wildman–Crippen MR) is 66.9 cm³/mol. The lowest BCUT2D eigenvalue weighted by Crippen LogP contribution is -2.47. The van der Waals surface area contributed by atoms with E-state index in [1.807, 2.05) is 6.92 Å². The first-order chi connectivity index (χ1) is 8.27. The number of rotatable bonds is 0. The second-order valence-electron chi connectivity index (χ2n) is 6.88. The molecule has 3 aliphatic carbocycles. The van der Waals surface area contributed by atoms with E-state index in [2.05, 4.69) is 13.8 Å². The molecular weight excluding hydrogens is 228 g/mol. The van der Waals surface area contributed by atoms with Crippen molar-refractivity contribution in [1.29, 1.82) is 0 Å². The first kappa shape index (κ1) is 11.9. The van der Waals surface area contributed by atoms with Gasteiger partial charge in [0.25, 0.3) is 0 Å². The molecule has 0 aromatic rings. The van der Waals surface area contributed by atoms with Crippen molar-refractivity contribution in [3.8, 4) is 0 Å². The van der Waals surface area contributed by atoms with Crippen molar-refractivity contribution < 1.29 is 14.7 Å². The minimum atomic E-state index is -0.919. The number of carbonyl (C=O) groups is 2. The van der Waals surface area contributed by atoms with Gasteiger partial charge in [0.05, 0.1) is 0 Å². The van der Waals surface area contributed by atoms with Crippen molar-refractivity contribution in [2.45, 2.75) is 40.5 Å². The molecule has 2 saturated carbocycles. The summed E-state index contributed by atoms with van der Waals surface area (Å²) >= 11 is 0. The molecule has 3 aliphatic rings. The van der Waals surface area contributed by atoms with Crippen LogP contribution in [0.25, 0.3) is 0 Å². The van der Waals surface area contributed by atoms with Gasteiger partial charge in [-0.15, -0.1) is 0 Å². The maximum absolute atomic E-state index is 12.8. The highest BCUT2D eigenvalue weighted by Crippen LogP contribution is 2.68. The molecular formula is C15H20O3. The van der Waals surface area contributed by atoms with Crippen LogP contribution in [-0.4, -0.2) is 16.7 Å². The summed E-state index contributed by atoms with van der Waals surface area (Å²) in [6.45, 7) is 7.88. The van der Waals surface area contributed by atoms with Gasteiger partial charge in [0.1, 0.15) is 5.41 Å². The maximum Gasteiger partial charge on any atom is 0.211 e. The molecule has 18 heavy (non-hydrogen) atoms. The number of allylic oxidation sites excluding steroid dienone is 2. The Bertz CT molecular complexity index is 500. The fourth-order valence-electron chi connectivity index (χ4n) is 5.13. The fraction of sp³-hybridized carbons (Fsp3) is 0.733. The predicted octanol–water partition coefficient (Wildman–Crippen LogP) is 2.66. The highest BCUT2D eigenvalue weighted by atomic mass is 16.3. The maximum atomic E-state index is 12.8. The molecule has 0 saturated heterocycles. The Balaban J connectivity index is 2.34. The largest absolute Gasteiger partial charge is 0.504 e. The number of fused-ring (bicyclic) bond motifs is 1. The van der Waals surface area contributed by atoms with Gasteiger partial charge in [0.2, 0.25) is 5.78 Å². The molecule has 2 fully saturated rings. The molecule has 0 unspecified atom stereocenters. The van der Waals surface area contributed by atoms with Crippen LogP contribution in [0.2, 0.25) is 0 Å². The van der Waals surface area contributed by atoms with Crippen molar-refractivity contribution >= 4 is 11.6 Å². The van der Waals surface area contributed by atoms with E-state index in [1.54, 1.807) is 6.92 Å². The molecule has 3 heteroatoms. The molecule has 4 atom stereocenters. The van der Waals surface area contributed by atoms with Gasteiger partial charge in [0, 0.05) is 5.92 Å². The Morgan fingerprint density at radius 2 is 1.83 bits per heavy atom. The van der Waals surface area contributed by atoms with Crippen LogP contribution in [0.4, 0.5) is 0 Å². The van der Waals surface area contributed by atoms with Crippen LogP contribution in [0.3, 0.4) is 0 Å². The van der Waals surface area contributed by atoms with Gasteiger partial charge >= 0.3 is 0 Å². The number of aliphatic hydroxyl groups is 1. The summed E-state index contributed by atoms with van der Waals surface area (Å²) in [5.74, 6) is -0.497. The van der Waals surface area contributed by atoms with Crippen LogP contribution in [0.1, 0.15) is 40.5 Å². The van der Waals surface area contributed by atoms with E-state index in [9.17, 15) is 14.7 Å². The number of Topliss-reactive ketones (excluding diaryl/α,β-unsaturated/α-hetero) is 2. The van der Waals surface area contributed by atoms with Crippen LogP contribution in [0.15, 0.2) is 11.3 Å². The van der Waals surface area contributed by atoms with Crippen LogP contribution in [0, 0.1) is 28.6 Å². The third-order valence-corrected chi connectivity index (χ3v) is 5.92. The topological polar surface area (TPSA) is 54.4 Å². The lowest BCUT2D eigenvalue weighted by atomic mass is 9.66. The number of hydrogen-bond donors (Lipinski definition) is 1. The summed E-state index contributed by atoms with van der Waals surface area (Å²) in [7, 11) is 0. The van der Waals surface area contributed by atoms with E-state index < -0.39 is 5.41 Å². The van der Waals surface area contributed by atoms with Crippen molar-refractivity contribution in [2.24, 2.45) is 28.6 Å². The average molecular weight is 248 g/mol. The fourth-order valence-corrected chi connectivity index (χ4v) is 5.13. The molecule has 0 heterocycles. The molecule has 1 spiro atoms. The van der Waals surface area contributed by atoms with E-state index in [0.717, 1.165) is 12.8 Å². The van der Waals surface area contributed by atoms with Gasteiger partial charge in [-0.2, -0.15) is 0 Å². The van der Waals surface area contributed by atoms with Crippen molar-refractivity contribution in [3.05, 3.63) is 11.3 Å². The zero-order valence-corrected chi connectivity index (χ0v) is 11.4. The first-order valence-electron chi connectivity index (χ1n) is 6.76. The summed E-state index contributed by atoms with van der Waals surface area (Å²) in [5, 5.41) is 10.1. The van der Waals surface area contributed by atoms with Gasteiger partial charge in [-0.3, -0.25) is 9.59 Å². The van der Waals surface area contributed by atoms with Crippen LogP contribution in [-0.2, 0) is 9.59 Å². The lowest BCUT2D eigenvalue weighted by molar-refractivity contribution is -0.144. The zero-order chi connectivity index (χ0) is 13.5. The van der Waals surface area contributed by atoms with Gasteiger partial charge < -0.3 is 5.11 Å². The SMILES string of the molecule is CC1=C(O)C(=O)[C@]23C(=O)[C@H]1C(C)(C)[C@H]2CC[C@H]3C. The van der Waals surface area contributed by atoms with Gasteiger partial charge in [-0.1, -0.05) is 20.8 Å². The van der Waals surface area contributed by atoms with E-state index in [4.69, 9.17) is 0 Å². The average Bonchev–Trinajstić information content (AvgIpc) is 2.70. The van der Waals surface area contributed by atoms with Gasteiger partial charge in [-0.25, -0.2) is 0 Å². The molecule has 0 aliphatic heterocycles. The number of ketones is 2. The Morgan fingerprint density at radius 3 is 2.44 bits per heavy atom. The van der Waals surface area contributed by atoms with Crippen LogP contribution in [0.5, 0.6) is 0 Å². The Morgan fingerprint density at radius 1 is 1.22 bits per heavy atom. The van der Waals surface area contributed by atoms with Crippen molar-refractivity contribution in [2.75, 3.05) is 0 Å². The lowest BCUT2D eigenvalue weighted by Gasteiger charge is -2.33. The number of carbonyl (C=O) groups excluding carboxylic acids is 2. The zero-order valence-electron chi connectivity index (χ0n) is 11.4. The van der Waals surface area contributed by atoms with Crippen LogP contribution < -0.4 is 0 Å². The Kier molecular flexibility index (Phi) is 2.03. The van der Waals surface area contributed by atoms with Crippen LogP contribution >= 0.6 is 0 Å². The monoisotopic (exact) mass is 248 g/mol. The summed E-state index contributed by atoms with van der Waals surface area (Å²) in [5.41, 5.74) is -0.550. The van der Waals surface area contributed by atoms with E-state index in [0.29, 0.717) is 5.57 Å². The first-order valence-corrected chi connectivity index (χ1v) is 6.76. The molecule has 1 N–H and O–H groups in total. The molecule has 3 nitrogen and oxygen atoms in total. The number of hydrogen-bond acceptors (Lipinski definition) is 3. The van der Waals surface area contributed by atoms with Crippen molar-refractivity contribution in [3.63, 3.8) is 0 Å². The van der Waals surface area contributed by atoms with Crippen molar-refractivity contribution in [1.82, 2.24) is 0 Å². The Hall–Kier alpha value is -1.12. The molecule has 0 amide bonds. The molecule has 0 radical (unpaired) electrons. The molecule has 98 valence electrons. The minimum Gasteiger partial charge on any atom is -0.504 e. The van der Waals surface area contributed by atoms with Gasteiger partial charge in [-0.05, 0) is 42.6 Å².